The van der Waals surface area contributed by atoms with Gasteiger partial charge in [0.15, 0.2) is 5.78 Å². The van der Waals surface area contributed by atoms with E-state index in [0.717, 1.165) is 21.6 Å². The van der Waals surface area contributed by atoms with Gasteiger partial charge in [-0.25, -0.2) is 0 Å². The largest absolute Gasteiger partial charge is 0.508 e. The topological polar surface area (TPSA) is 375 Å². The number of nitrogens with one attached hydrogen (secondary N) is 8. The third-order valence-electron chi connectivity index (χ3n) is 13.5. The van der Waals surface area contributed by atoms with Gasteiger partial charge in [-0.3, -0.25) is 48.1 Å². The predicted octanol–water partition coefficient (Wildman–Crippen LogP) is 1.24. The molecule has 1 unspecified atom stereocenters. The SMILES string of the molecule is CNCCCC[C@@H]1NC(=O)[C@@H](CCCCNC(=O)c2cccnc2)NC(=O)[C@H](Cc2ccc(O)cc2)CC(=O)[C@H](NC(=O)[C@@H](N)Cc2ccc(Cl)cc2)CSSC[C@@H](C(=O)NC(Cc2ccc(O)cc2)C(N)=O)NC(=O)[C@H]([C@@H](C)O)NC1=O. The Morgan fingerprint density at radius 2 is 1.31 bits per heavy atom. The van der Waals surface area contributed by atoms with Gasteiger partial charge in [-0.15, -0.1) is 0 Å². The third kappa shape index (κ3) is 22.8. The molecule has 0 saturated carbocycles. The minimum Gasteiger partial charge on any atom is -0.508 e. The molecule has 5 rings (SSSR count). The lowest BCUT2D eigenvalue weighted by Crippen LogP contribution is -2.61. The number of halogens is 1. The van der Waals surface area contributed by atoms with Crippen molar-refractivity contribution in [2.75, 3.05) is 31.6 Å². The zero-order valence-electron chi connectivity index (χ0n) is 46.1. The van der Waals surface area contributed by atoms with E-state index in [2.05, 4.69) is 47.5 Å². The summed E-state index contributed by atoms with van der Waals surface area (Å²) in [4.78, 5) is 131. The highest BCUT2D eigenvalue weighted by Gasteiger charge is 2.36. The molecule has 1 aliphatic heterocycles. The van der Waals surface area contributed by atoms with E-state index in [1.165, 1.54) is 55.7 Å². The first-order valence-corrected chi connectivity index (χ1v) is 30.0. The van der Waals surface area contributed by atoms with Crippen LogP contribution < -0.4 is 54.0 Å². The number of aromatic hydroxyl groups is 2. The summed E-state index contributed by atoms with van der Waals surface area (Å²) in [7, 11) is 3.74. The van der Waals surface area contributed by atoms with Crippen LogP contribution >= 0.6 is 33.2 Å². The average molecular weight is 1200 g/mol. The molecular formula is C57H74ClN11O12S2. The number of pyridine rings is 1. The van der Waals surface area contributed by atoms with E-state index < -0.39 is 108 Å². The maximum absolute atomic E-state index is 14.8. The zero-order valence-corrected chi connectivity index (χ0v) is 48.5. The van der Waals surface area contributed by atoms with E-state index in [1.807, 2.05) is 0 Å². The number of ketones is 1. The van der Waals surface area contributed by atoms with Crippen LogP contribution in [0.3, 0.4) is 0 Å². The summed E-state index contributed by atoms with van der Waals surface area (Å²) in [5.41, 5.74) is 14.2. The van der Waals surface area contributed by atoms with Crippen LogP contribution in [0.15, 0.2) is 97.3 Å². The number of benzene rings is 3. The number of carbonyl (C=O) groups excluding carboxylic acids is 9. The lowest BCUT2D eigenvalue weighted by atomic mass is 9.91. The fourth-order valence-corrected chi connectivity index (χ4v) is 11.2. The molecule has 26 heteroatoms. The monoisotopic (exact) mass is 1200 g/mol. The number of nitrogens with zero attached hydrogens (tertiary/aromatic N) is 1. The normalized spacial score (nSPS) is 20.7. The van der Waals surface area contributed by atoms with Gasteiger partial charge >= 0.3 is 0 Å². The van der Waals surface area contributed by atoms with Crippen LogP contribution in [0.25, 0.3) is 0 Å². The van der Waals surface area contributed by atoms with Gasteiger partial charge in [-0.05, 0) is 137 Å². The van der Waals surface area contributed by atoms with Crippen LogP contribution in [0.2, 0.25) is 5.02 Å². The number of phenolic OH excluding ortho intramolecular Hbond substituents is 2. The van der Waals surface area contributed by atoms with Crippen molar-refractivity contribution in [3.8, 4) is 11.5 Å². The maximum Gasteiger partial charge on any atom is 0.252 e. The van der Waals surface area contributed by atoms with Crippen molar-refractivity contribution in [3.63, 3.8) is 0 Å². The van der Waals surface area contributed by atoms with Crippen LogP contribution in [-0.2, 0) is 57.6 Å². The number of amides is 8. The molecule has 23 nitrogen and oxygen atoms in total. The van der Waals surface area contributed by atoms with Crippen LogP contribution in [0.4, 0.5) is 0 Å². The molecule has 4 aromatic rings. The van der Waals surface area contributed by atoms with Crippen molar-refractivity contribution in [3.05, 3.63) is 125 Å². The molecule has 0 radical (unpaired) electrons. The smallest absolute Gasteiger partial charge is 0.252 e. The van der Waals surface area contributed by atoms with Gasteiger partial charge in [-0.2, -0.15) is 0 Å². The highest BCUT2D eigenvalue weighted by Crippen LogP contribution is 2.26. The van der Waals surface area contributed by atoms with E-state index in [0.29, 0.717) is 53.1 Å². The predicted molar refractivity (Wildman–Crippen MR) is 315 cm³/mol. The van der Waals surface area contributed by atoms with Gasteiger partial charge in [0, 0.05) is 54.2 Å². The summed E-state index contributed by atoms with van der Waals surface area (Å²) in [6.07, 6.45) is 2.21. The number of aliphatic hydroxyl groups is 1. The Labute approximate surface area is 494 Å². The van der Waals surface area contributed by atoms with Gasteiger partial charge in [0.25, 0.3) is 5.91 Å². The van der Waals surface area contributed by atoms with Crippen molar-refractivity contribution < 1.29 is 58.5 Å². The second-order valence-corrected chi connectivity index (χ2v) is 23.1. The number of carbonyl (C=O) groups is 9. The van der Waals surface area contributed by atoms with Crippen molar-refractivity contribution in [1.29, 1.82) is 0 Å². The molecule has 3 aromatic carbocycles. The minimum absolute atomic E-state index is 0.0251. The standard InChI is InChI=1S/C57H74ClN11O12S2/c1-33(70)49-57(81)68-47(56(80)66-45(50(60)74)28-36-15-21-41(72)22-16-36)32-83-82-31-46(67-53(77)42(59)27-35-11-17-39(58)18-12-35)48(73)29-38(26-34-13-19-40(71)20-14-34)52(76)64-43(10-4-6-25-63-51(75)37-8-7-24-62-30-37)54(78)65-44(55(79)69-49)9-3-5-23-61-2/h7-8,11-22,24,30,33,38,42-47,49,61,70-72H,3-6,9-10,23,25-29,31-32,59H2,1-2H3,(H2,60,74)(H,63,75)(H,64,76)(H,65,78)(H,66,80)(H,67,77)(H,68,81)(H,69,79)/t33-,38-,42+,43-,44+,45?,46-,47+,49+/m1/s1. The lowest BCUT2D eigenvalue weighted by molar-refractivity contribution is -0.137. The number of Topliss-reactive ketones (excluding diaryl/α,β-unsaturated/α-hetero) is 1. The Kier molecular flexibility index (Phi) is 27.5. The molecule has 0 spiro atoms. The fourth-order valence-electron chi connectivity index (χ4n) is 8.74. The molecule has 83 heavy (non-hydrogen) atoms. The van der Waals surface area contributed by atoms with Gasteiger partial charge in [0.05, 0.1) is 23.8 Å². The molecule has 0 aliphatic carbocycles. The Morgan fingerprint density at radius 1 is 0.735 bits per heavy atom. The van der Waals surface area contributed by atoms with Crippen LogP contribution in [0.5, 0.6) is 11.5 Å². The fraction of sp³-hybridized carbons (Fsp3) is 0.439. The number of unbranched alkanes of at least 4 members (excludes halogenated alkanes) is 2. The van der Waals surface area contributed by atoms with Crippen LogP contribution in [0, 0.1) is 5.92 Å². The lowest BCUT2D eigenvalue weighted by Gasteiger charge is -2.29. The zero-order chi connectivity index (χ0) is 60.4. The van der Waals surface area contributed by atoms with Crippen molar-refractivity contribution in [2.45, 2.75) is 120 Å². The van der Waals surface area contributed by atoms with E-state index >= 15 is 0 Å². The van der Waals surface area contributed by atoms with Crippen LogP contribution in [-0.4, -0.2) is 153 Å². The second kappa shape index (κ2) is 34.3. The number of aliphatic hydroxyl groups excluding tert-OH is 1. The molecule has 15 N–H and O–H groups in total. The van der Waals surface area contributed by atoms with E-state index in [1.54, 1.807) is 55.6 Å². The first-order valence-electron chi connectivity index (χ1n) is 27.2. The summed E-state index contributed by atoms with van der Waals surface area (Å²) in [6.45, 7) is 1.95. The first-order chi connectivity index (χ1) is 39.7. The maximum atomic E-state index is 14.8. The molecule has 9 atom stereocenters. The molecule has 1 aliphatic rings. The van der Waals surface area contributed by atoms with Gasteiger partial charge in [0.2, 0.25) is 41.4 Å². The van der Waals surface area contributed by atoms with E-state index in [9.17, 15) is 58.5 Å². The summed E-state index contributed by atoms with van der Waals surface area (Å²) >= 11 is 6.09. The third-order valence-corrected chi connectivity index (χ3v) is 16.2. The average Bonchev–Trinajstić information content (AvgIpc) is 3.56. The molecule has 0 bridgehead atoms. The number of aromatic nitrogens is 1. The Bertz CT molecular complexity index is 2810. The van der Waals surface area contributed by atoms with E-state index in [-0.39, 0.29) is 74.0 Å². The van der Waals surface area contributed by atoms with Gasteiger partial charge in [-0.1, -0.05) is 69.6 Å². The number of rotatable bonds is 23. The number of phenols is 2. The minimum atomic E-state index is -1.73. The first kappa shape index (κ1) is 66.5. The second-order valence-electron chi connectivity index (χ2n) is 20.1. The van der Waals surface area contributed by atoms with Gasteiger partial charge in [0.1, 0.15) is 41.7 Å². The highest BCUT2D eigenvalue weighted by atomic mass is 35.5. The van der Waals surface area contributed by atoms with Gasteiger partial charge < -0.3 is 69.3 Å². The quantitative estimate of drug-likeness (QED) is 0.0367. The molecular weight excluding hydrogens is 1130 g/mol. The summed E-state index contributed by atoms with van der Waals surface area (Å²) in [6, 6.07) is 11.9. The van der Waals surface area contributed by atoms with E-state index in [4.69, 9.17) is 23.1 Å². The van der Waals surface area contributed by atoms with Crippen molar-refractivity contribution >= 4 is 86.2 Å². The van der Waals surface area contributed by atoms with Crippen molar-refractivity contribution in [1.82, 2.24) is 47.5 Å². The number of nitrogens with two attached hydrogens (primary N) is 2. The summed E-state index contributed by atoms with van der Waals surface area (Å²) in [5, 5.41) is 53.4. The number of hydrogen-bond donors (Lipinski definition) is 13. The summed E-state index contributed by atoms with van der Waals surface area (Å²) < 4.78 is 0. The molecule has 448 valence electrons. The molecule has 1 fully saturated rings. The molecule has 2 heterocycles. The van der Waals surface area contributed by atoms with Crippen LogP contribution in [0.1, 0.15) is 78.9 Å². The Hall–Kier alpha value is -7.29. The number of primary amides is 1. The molecule has 8 amide bonds. The Balaban J connectivity index is 1.53. The summed E-state index contributed by atoms with van der Waals surface area (Å²) in [5.74, 6) is -8.78. The molecule has 1 saturated heterocycles. The molecule has 1 aromatic heterocycles. The number of hydrogen-bond acceptors (Lipinski definition) is 17. The highest BCUT2D eigenvalue weighted by molar-refractivity contribution is 8.76. The van der Waals surface area contributed by atoms with Crippen molar-refractivity contribution in [2.24, 2.45) is 17.4 Å². The Morgan fingerprint density at radius 3 is 1.92 bits per heavy atom.